The number of nitriles is 1. The van der Waals surface area contributed by atoms with E-state index in [2.05, 4.69) is 76.3 Å². The molecule has 1 aliphatic carbocycles. The van der Waals surface area contributed by atoms with E-state index >= 15 is 0 Å². The molecule has 1 aromatic heterocycles. The molecule has 0 radical (unpaired) electrons. The van der Waals surface area contributed by atoms with Crippen LogP contribution in [0.25, 0.3) is 10.8 Å². The number of imide groups is 1. The molecule has 8 rings (SSSR count). The molecule has 3 aliphatic heterocycles. The van der Waals surface area contributed by atoms with Gasteiger partial charge in [0.2, 0.25) is 5.91 Å². The van der Waals surface area contributed by atoms with Crippen LogP contribution in [0.5, 0.6) is 5.75 Å². The molecule has 2 N–H and O–H groups in total. The molecule has 4 aromatic rings. The zero-order chi connectivity index (χ0) is 41.6. The number of rotatable bonds is 10. The number of hydrogen-bond acceptors (Lipinski definition) is 10. The van der Waals surface area contributed by atoms with Crippen molar-refractivity contribution < 1.29 is 19.1 Å². The third-order valence-corrected chi connectivity index (χ3v) is 13.4. The van der Waals surface area contributed by atoms with Gasteiger partial charge in [0.05, 0.1) is 22.2 Å². The van der Waals surface area contributed by atoms with E-state index < -0.39 is 11.9 Å². The summed E-state index contributed by atoms with van der Waals surface area (Å²) in [6.45, 7) is 15.2. The van der Waals surface area contributed by atoms with Crippen LogP contribution in [0.15, 0.2) is 71.7 Å². The second kappa shape index (κ2) is 16.0. The van der Waals surface area contributed by atoms with Gasteiger partial charge in [0.1, 0.15) is 24.0 Å². The molecule has 0 bridgehead atoms. The van der Waals surface area contributed by atoms with Crippen molar-refractivity contribution in [3.05, 3.63) is 93.4 Å². The van der Waals surface area contributed by atoms with Gasteiger partial charge < -0.3 is 19.9 Å². The maximum atomic E-state index is 13.5. The molecule has 13 nitrogen and oxygen atoms in total. The quantitative estimate of drug-likeness (QED) is 0.195. The molecule has 4 heterocycles. The number of nitrogens with zero attached hydrogens (tertiary/aromatic N) is 6. The van der Waals surface area contributed by atoms with Crippen LogP contribution in [-0.4, -0.2) is 90.4 Å². The van der Waals surface area contributed by atoms with Crippen molar-refractivity contribution in [2.45, 2.75) is 71.6 Å². The van der Waals surface area contributed by atoms with Gasteiger partial charge in [0.25, 0.3) is 17.4 Å². The van der Waals surface area contributed by atoms with Crippen LogP contribution in [0.1, 0.15) is 75.3 Å². The Morgan fingerprint density at radius 3 is 2.36 bits per heavy atom. The third-order valence-electron chi connectivity index (χ3n) is 13.1. The monoisotopic (exact) mass is 818 g/mol. The molecule has 3 aromatic carbocycles. The number of carbonyl (C=O) groups is 3. The molecule has 4 fully saturated rings. The number of nitrogens with one attached hydrogen (secondary N) is 2. The first-order chi connectivity index (χ1) is 28.2. The molecule has 1 saturated carbocycles. The number of piperazine rings is 1. The molecule has 14 heteroatoms. The summed E-state index contributed by atoms with van der Waals surface area (Å²) in [5.41, 5.74) is 2.21. The average Bonchev–Trinajstić information content (AvgIpc) is 3.71. The molecular weight excluding hydrogens is 768 g/mol. The third kappa shape index (κ3) is 7.88. The topological polar surface area (TPSA) is 153 Å². The van der Waals surface area contributed by atoms with E-state index in [-0.39, 0.29) is 53.2 Å². The summed E-state index contributed by atoms with van der Waals surface area (Å²) in [4.78, 5) is 58.0. The Kier molecular flexibility index (Phi) is 10.9. The number of benzene rings is 3. The van der Waals surface area contributed by atoms with Crippen molar-refractivity contribution in [3.63, 3.8) is 0 Å². The predicted molar refractivity (Wildman–Crippen MR) is 227 cm³/mol. The van der Waals surface area contributed by atoms with Gasteiger partial charge in [0, 0.05) is 91.0 Å². The fourth-order valence-corrected chi connectivity index (χ4v) is 10.2. The standard InChI is InChI=1S/C45H51ClN8O5/c1-44(2)42(45(3,4)43(44)59-34-11-7-30(25-47)36(46)24-34)50-39(56)29-5-8-32(9-6-29)53-18-16-28(27-53)15-17-51-19-21-52(22-20-51)33-10-12-35-31(23-33)26-48-54(41(35)58)37-13-14-38(55)49-40(37)57/h5-12,23-24,26,28,37,42-43H,13-22,27H2,1-4H3,(H,50,56)(H,49,55,57)/t28?,37-,42-,43-/m0/s1. The molecule has 3 saturated heterocycles. The summed E-state index contributed by atoms with van der Waals surface area (Å²) in [6, 6.07) is 20.0. The Bertz CT molecular complexity index is 2370. The SMILES string of the molecule is CC1(C)[C@H](NC(=O)c2ccc(N3CCC(CCN4CCN(c5ccc6c(=O)n([C@H]7CCC(=O)NC7=O)ncc6c5)CC4)C3)cc2)C(C)(C)[C@H]1Oc1ccc(C#N)c(Cl)c1. The first-order valence-corrected chi connectivity index (χ1v) is 21.0. The highest BCUT2D eigenvalue weighted by Gasteiger charge is 2.64. The van der Waals surface area contributed by atoms with Gasteiger partial charge in [0.15, 0.2) is 0 Å². The number of carbonyl (C=O) groups excluding carboxylic acids is 3. The van der Waals surface area contributed by atoms with E-state index in [1.165, 1.54) is 4.68 Å². The molecule has 3 amide bonds. The Labute approximate surface area is 349 Å². The van der Waals surface area contributed by atoms with Crippen molar-refractivity contribution in [2.75, 3.05) is 55.6 Å². The van der Waals surface area contributed by atoms with Crippen LogP contribution in [0, 0.1) is 28.1 Å². The lowest BCUT2D eigenvalue weighted by molar-refractivity contribution is -0.164. The summed E-state index contributed by atoms with van der Waals surface area (Å²) in [7, 11) is 0. The normalized spacial score (nSPS) is 24.0. The summed E-state index contributed by atoms with van der Waals surface area (Å²) >= 11 is 6.26. The highest BCUT2D eigenvalue weighted by Crippen LogP contribution is 2.55. The fourth-order valence-electron chi connectivity index (χ4n) is 10.0. The maximum absolute atomic E-state index is 13.5. The van der Waals surface area contributed by atoms with E-state index in [0.717, 1.165) is 75.4 Å². The maximum Gasteiger partial charge on any atom is 0.275 e. The minimum absolute atomic E-state index is 0.101. The second-order valence-corrected chi connectivity index (χ2v) is 18.1. The first kappa shape index (κ1) is 40.3. The van der Waals surface area contributed by atoms with Crippen LogP contribution in [0.4, 0.5) is 11.4 Å². The first-order valence-electron chi connectivity index (χ1n) is 20.6. The molecular formula is C45H51ClN8O5. The van der Waals surface area contributed by atoms with Crippen molar-refractivity contribution in [3.8, 4) is 11.8 Å². The summed E-state index contributed by atoms with van der Waals surface area (Å²) in [5.74, 6) is 0.293. The second-order valence-electron chi connectivity index (χ2n) is 17.7. The van der Waals surface area contributed by atoms with Gasteiger partial charge in [-0.25, -0.2) is 4.68 Å². The molecule has 4 aliphatic rings. The predicted octanol–water partition coefficient (Wildman–Crippen LogP) is 5.55. The highest BCUT2D eigenvalue weighted by atomic mass is 35.5. The summed E-state index contributed by atoms with van der Waals surface area (Å²) in [6.07, 6.45) is 4.19. The van der Waals surface area contributed by atoms with Crippen molar-refractivity contribution in [1.29, 1.82) is 5.26 Å². The Hall–Kier alpha value is -5.45. The molecule has 59 heavy (non-hydrogen) atoms. The smallest absolute Gasteiger partial charge is 0.275 e. The summed E-state index contributed by atoms with van der Waals surface area (Å²) in [5, 5.41) is 20.7. The van der Waals surface area contributed by atoms with Gasteiger partial charge in [-0.1, -0.05) is 39.3 Å². The van der Waals surface area contributed by atoms with Crippen LogP contribution in [0.2, 0.25) is 5.02 Å². The number of amides is 3. The van der Waals surface area contributed by atoms with Gasteiger partial charge in [-0.05, 0) is 86.3 Å². The zero-order valence-corrected chi connectivity index (χ0v) is 34.8. The van der Waals surface area contributed by atoms with E-state index in [1.807, 2.05) is 30.3 Å². The Balaban J connectivity index is 0.790. The minimum Gasteiger partial charge on any atom is -0.489 e. The number of anilines is 2. The van der Waals surface area contributed by atoms with Gasteiger partial charge >= 0.3 is 0 Å². The van der Waals surface area contributed by atoms with Crippen molar-refractivity contribution in [2.24, 2.45) is 16.7 Å². The lowest BCUT2D eigenvalue weighted by Crippen LogP contribution is -2.74. The van der Waals surface area contributed by atoms with Gasteiger partial charge in [-0.3, -0.25) is 29.4 Å². The van der Waals surface area contributed by atoms with Crippen LogP contribution in [-0.2, 0) is 9.59 Å². The van der Waals surface area contributed by atoms with Crippen LogP contribution >= 0.6 is 11.6 Å². The van der Waals surface area contributed by atoms with E-state index in [4.69, 9.17) is 16.3 Å². The number of hydrogen-bond donors (Lipinski definition) is 2. The molecule has 0 spiro atoms. The number of ether oxygens (including phenoxy) is 1. The molecule has 308 valence electrons. The van der Waals surface area contributed by atoms with Crippen LogP contribution in [0.3, 0.4) is 0 Å². The highest BCUT2D eigenvalue weighted by molar-refractivity contribution is 6.31. The molecule has 1 unspecified atom stereocenters. The average molecular weight is 819 g/mol. The lowest BCUT2D eigenvalue weighted by atomic mass is 9.49. The summed E-state index contributed by atoms with van der Waals surface area (Å²) < 4.78 is 7.59. The Morgan fingerprint density at radius 1 is 0.932 bits per heavy atom. The minimum atomic E-state index is -0.781. The lowest BCUT2D eigenvalue weighted by Gasteiger charge is -2.63. The van der Waals surface area contributed by atoms with E-state index in [1.54, 1.807) is 24.4 Å². The Morgan fingerprint density at radius 2 is 1.66 bits per heavy atom. The number of halogens is 1. The molecule has 2 atom stereocenters. The largest absolute Gasteiger partial charge is 0.489 e. The number of aromatic nitrogens is 2. The van der Waals surface area contributed by atoms with Crippen molar-refractivity contribution >= 4 is 51.5 Å². The van der Waals surface area contributed by atoms with Crippen LogP contribution < -0.4 is 30.7 Å². The fraction of sp³-hybridized carbons (Fsp3) is 0.467. The van der Waals surface area contributed by atoms with Crippen molar-refractivity contribution in [1.82, 2.24) is 25.3 Å². The number of fused-ring (bicyclic) bond motifs is 1. The van der Waals surface area contributed by atoms with Gasteiger partial charge in [-0.2, -0.15) is 10.4 Å². The zero-order valence-electron chi connectivity index (χ0n) is 34.0. The van der Waals surface area contributed by atoms with E-state index in [0.29, 0.717) is 33.2 Å². The van der Waals surface area contributed by atoms with E-state index in [9.17, 15) is 24.4 Å². The van der Waals surface area contributed by atoms with Gasteiger partial charge in [-0.15, -0.1) is 0 Å². The number of piperidine rings is 1.